The number of hydrogen-bond acceptors (Lipinski definition) is 5. The van der Waals surface area contributed by atoms with E-state index in [2.05, 4.69) is 23.5 Å². The van der Waals surface area contributed by atoms with Crippen molar-refractivity contribution in [1.29, 1.82) is 0 Å². The number of nitrogens with one attached hydrogen (secondary N) is 1. The Hall–Kier alpha value is -2.47. The minimum atomic E-state index is -0.938. The summed E-state index contributed by atoms with van der Waals surface area (Å²) >= 11 is 1.45. The number of amides is 1. The zero-order valence-corrected chi connectivity index (χ0v) is 13.6. The molecule has 0 saturated carbocycles. The van der Waals surface area contributed by atoms with Gasteiger partial charge in [0.05, 0.1) is 17.5 Å². The van der Waals surface area contributed by atoms with E-state index in [0.29, 0.717) is 5.75 Å². The lowest BCUT2D eigenvalue weighted by atomic mass is 9.97. The molecule has 2 aromatic rings. The number of hydrazone groups is 1. The van der Waals surface area contributed by atoms with Crippen LogP contribution in [0.15, 0.2) is 59.7 Å². The Morgan fingerprint density at radius 1 is 1.17 bits per heavy atom. The van der Waals surface area contributed by atoms with Crippen molar-refractivity contribution >= 4 is 23.4 Å². The third-order valence-electron chi connectivity index (χ3n) is 4.54. The van der Waals surface area contributed by atoms with E-state index in [1.807, 2.05) is 41.4 Å². The fourth-order valence-electron chi connectivity index (χ4n) is 3.46. The van der Waals surface area contributed by atoms with Crippen molar-refractivity contribution < 1.29 is 9.53 Å². The summed E-state index contributed by atoms with van der Waals surface area (Å²) in [6, 6.07) is 18.2. The molecule has 120 valence electrons. The van der Waals surface area contributed by atoms with Crippen LogP contribution in [0, 0.1) is 0 Å². The lowest BCUT2D eigenvalue weighted by Crippen LogP contribution is -2.58. The molecule has 0 aromatic heterocycles. The Bertz CT molecular complexity index is 854. The molecule has 3 aliphatic rings. The quantitative estimate of drug-likeness (QED) is 0.869. The summed E-state index contributed by atoms with van der Waals surface area (Å²) in [7, 11) is 0. The van der Waals surface area contributed by atoms with Gasteiger partial charge in [0.15, 0.2) is 0 Å². The average Bonchev–Trinajstić information content (AvgIpc) is 3.22. The third kappa shape index (κ3) is 1.96. The molecule has 0 unspecified atom stereocenters. The van der Waals surface area contributed by atoms with Crippen molar-refractivity contribution in [3.63, 3.8) is 0 Å². The summed E-state index contributed by atoms with van der Waals surface area (Å²) in [5.41, 5.74) is 3.23. The van der Waals surface area contributed by atoms with E-state index in [1.165, 1.54) is 11.8 Å². The molecular formula is C18H15N3O2S. The van der Waals surface area contributed by atoms with Crippen molar-refractivity contribution in [2.75, 3.05) is 5.75 Å². The molecule has 0 aliphatic carbocycles. The molecule has 2 atom stereocenters. The van der Waals surface area contributed by atoms with Gasteiger partial charge < -0.3 is 4.74 Å². The molecule has 1 fully saturated rings. The van der Waals surface area contributed by atoms with Crippen LogP contribution in [0.4, 0.5) is 0 Å². The number of thioether (sulfide) groups is 1. The predicted molar refractivity (Wildman–Crippen MR) is 92.6 cm³/mol. The van der Waals surface area contributed by atoms with Gasteiger partial charge in [0.1, 0.15) is 5.75 Å². The SMILES string of the molecule is O=C1CS[C@@]2(N1)Oc1ccccc1[C@@H]1CC(c3ccccc3)=NN12. The summed E-state index contributed by atoms with van der Waals surface area (Å²) in [4.78, 5) is 11.9. The maximum absolute atomic E-state index is 11.9. The number of carbonyl (C=O) groups is 1. The summed E-state index contributed by atoms with van der Waals surface area (Å²) in [5, 5.41) is 8.80. The smallest absolute Gasteiger partial charge is 0.332 e. The molecule has 0 radical (unpaired) electrons. The van der Waals surface area contributed by atoms with Crippen LogP contribution >= 0.6 is 11.8 Å². The number of hydrogen-bond donors (Lipinski definition) is 1. The van der Waals surface area contributed by atoms with E-state index in [9.17, 15) is 4.79 Å². The first-order valence-corrected chi connectivity index (χ1v) is 8.89. The van der Waals surface area contributed by atoms with E-state index in [-0.39, 0.29) is 11.9 Å². The summed E-state index contributed by atoms with van der Waals surface area (Å²) in [5.74, 6) is 1.17. The van der Waals surface area contributed by atoms with E-state index >= 15 is 0 Å². The van der Waals surface area contributed by atoms with Gasteiger partial charge in [-0.15, -0.1) is 0 Å². The van der Waals surface area contributed by atoms with Gasteiger partial charge in [0, 0.05) is 12.0 Å². The van der Waals surface area contributed by atoms with Gasteiger partial charge in [-0.2, -0.15) is 5.10 Å². The lowest BCUT2D eigenvalue weighted by molar-refractivity contribution is -0.128. The minimum Gasteiger partial charge on any atom is -0.440 e. The molecule has 1 spiro atoms. The van der Waals surface area contributed by atoms with Crippen molar-refractivity contribution in [2.45, 2.75) is 17.6 Å². The van der Waals surface area contributed by atoms with Crippen LogP contribution in [0.5, 0.6) is 5.75 Å². The van der Waals surface area contributed by atoms with E-state index in [1.54, 1.807) is 0 Å². The van der Waals surface area contributed by atoms with Crippen LogP contribution in [0.3, 0.4) is 0 Å². The van der Waals surface area contributed by atoms with Gasteiger partial charge in [-0.05, 0) is 11.6 Å². The molecule has 5 nitrogen and oxygen atoms in total. The zero-order valence-electron chi connectivity index (χ0n) is 12.8. The highest BCUT2D eigenvalue weighted by Gasteiger charge is 2.55. The Kier molecular flexibility index (Phi) is 2.91. The molecule has 6 heteroatoms. The average molecular weight is 337 g/mol. The standard InChI is InChI=1S/C18H15N3O2S/c22-17-11-24-18(19-17)21-15(13-8-4-5-9-16(13)23-18)10-14(20-21)12-6-2-1-3-7-12/h1-9,15H,10-11H2,(H,19,22)/t15-,18+/m0/s1. The molecule has 24 heavy (non-hydrogen) atoms. The molecule has 1 N–H and O–H groups in total. The van der Waals surface area contributed by atoms with Gasteiger partial charge in [0.2, 0.25) is 5.91 Å². The number of rotatable bonds is 1. The van der Waals surface area contributed by atoms with Crippen molar-refractivity contribution in [3.8, 4) is 5.75 Å². The number of para-hydroxylation sites is 1. The highest BCUT2D eigenvalue weighted by Crippen LogP contribution is 2.50. The Labute approximate surface area is 143 Å². The maximum atomic E-state index is 11.9. The summed E-state index contributed by atoms with van der Waals surface area (Å²) < 4.78 is 6.20. The fraction of sp³-hybridized carbons (Fsp3) is 0.222. The van der Waals surface area contributed by atoms with Crippen LogP contribution < -0.4 is 10.1 Å². The van der Waals surface area contributed by atoms with Gasteiger partial charge in [-0.1, -0.05) is 60.3 Å². The van der Waals surface area contributed by atoms with Crippen molar-refractivity contribution in [3.05, 3.63) is 65.7 Å². The van der Waals surface area contributed by atoms with Gasteiger partial charge >= 0.3 is 5.18 Å². The van der Waals surface area contributed by atoms with Crippen LogP contribution in [0.25, 0.3) is 0 Å². The molecule has 5 rings (SSSR count). The molecule has 0 bridgehead atoms. The van der Waals surface area contributed by atoms with Gasteiger partial charge in [-0.3, -0.25) is 10.1 Å². The first-order valence-electron chi connectivity index (χ1n) is 7.90. The molecule has 1 amide bonds. The molecule has 2 aromatic carbocycles. The Morgan fingerprint density at radius 2 is 1.96 bits per heavy atom. The summed E-state index contributed by atoms with van der Waals surface area (Å²) in [6.07, 6.45) is 0.794. The fourth-order valence-corrected chi connectivity index (χ4v) is 4.50. The first kappa shape index (κ1) is 13.9. The van der Waals surface area contributed by atoms with E-state index in [0.717, 1.165) is 29.0 Å². The topological polar surface area (TPSA) is 53.9 Å². The number of benzene rings is 2. The number of carbonyl (C=O) groups excluding carboxylic acids is 1. The van der Waals surface area contributed by atoms with Crippen LogP contribution in [-0.4, -0.2) is 27.6 Å². The van der Waals surface area contributed by atoms with Crippen LogP contribution in [0.1, 0.15) is 23.6 Å². The molecular weight excluding hydrogens is 322 g/mol. The largest absolute Gasteiger partial charge is 0.440 e. The van der Waals surface area contributed by atoms with Crippen LogP contribution in [-0.2, 0) is 4.79 Å². The number of nitrogens with zero attached hydrogens (tertiary/aromatic N) is 2. The highest BCUT2D eigenvalue weighted by atomic mass is 32.2. The van der Waals surface area contributed by atoms with E-state index in [4.69, 9.17) is 9.84 Å². The lowest BCUT2D eigenvalue weighted by Gasteiger charge is -2.43. The summed E-state index contributed by atoms with van der Waals surface area (Å²) in [6.45, 7) is 0. The molecule has 3 heterocycles. The Morgan fingerprint density at radius 3 is 2.75 bits per heavy atom. The normalized spacial score (nSPS) is 27.3. The second kappa shape index (κ2) is 5.01. The number of ether oxygens (including phenoxy) is 1. The van der Waals surface area contributed by atoms with Crippen molar-refractivity contribution in [2.24, 2.45) is 5.10 Å². The van der Waals surface area contributed by atoms with Gasteiger partial charge in [-0.25, -0.2) is 5.01 Å². The Balaban J connectivity index is 1.62. The van der Waals surface area contributed by atoms with Gasteiger partial charge in [0.25, 0.3) is 0 Å². The minimum absolute atomic E-state index is 0.0264. The third-order valence-corrected chi connectivity index (χ3v) is 5.71. The molecule has 1 saturated heterocycles. The van der Waals surface area contributed by atoms with Crippen LogP contribution in [0.2, 0.25) is 0 Å². The predicted octanol–water partition coefficient (Wildman–Crippen LogP) is 2.70. The van der Waals surface area contributed by atoms with E-state index < -0.39 is 5.18 Å². The van der Waals surface area contributed by atoms with Crippen molar-refractivity contribution in [1.82, 2.24) is 10.3 Å². The molecule has 3 aliphatic heterocycles. The first-order chi connectivity index (χ1) is 11.8. The monoisotopic (exact) mass is 337 g/mol. The second-order valence-electron chi connectivity index (χ2n) is 6.04. The number of fused-ring (bicyclic) bond motifs is 4. The highest BCUT2D eigenvalue weighted by molar-refractivity contribution is 8.01. The second-order valence-corrected chi connectivity index (χ2v) is 7.17. The maximum Gasteiger partial charge on any atom is 0.332 e. The zero-order chi connectivity index (χ0) is 16.1.